The van der Waals surface area contributed by atoms with Crippen LogP contribution in [0.25, 0.3) is 11.6 Å². The van der Waals surface area contributed by atoms with Crippen LogP contribution >= 0.6 is 23.6 Å². The lowest BCUT2D eigenvalue weighted by Gasteiger charge is -2.12. The topological polar surface area (TPSA) is 37.5 Å². The molecule has 0 amide bonds. The van der Waals surface area contributed by atoms with Gasteiger partial charge in [-0.2, -0.15) is 0 Å². The number of hydrogen-bond donors (Lipinski definition) is 1. The van der Waals surface area contributed by atoms with E-state index in [1.165, 1.54) is 24.2 Å². The van der Waals surface area contributed by atoms with E-state index in [9.17, 15) is 5.11 Å². The number of aliphatic imine (C=N–C) groups is 1. The van der Waals surface area contributed by atoms with Crippen molar-refractivity contribution in [2.24, 2.45) is 4.99 Å². The fourth-order valence-corrected chi connectivity index (χ4v) is 4.67. The first-order chi connectivity index (χ1) is 10.7. The second kappa shape index (κ2) is 5.48. The predicted octanol–water partition coefficient (Wildman–Crippen LogP) is 5.36. The van der Waals surface area contributed by atoms with Gasteiger partial charge in [-0.05, 0) is 37.2 Å². The van der Waals surface area contributed by atoms with Crippen molar-refractivity contribution in [3.8, 4) is 5.88 Å². The van der Waals surface area contributed by atoms with Crippen molar-refractivity contribution >= 4 is 47.1 Å². The average Bonchev–Trinajstić information content (AvgIpc) is 3.22. The molecule has 1 N–H and O–H groups in total. The third-order valence-corrected chi connectivity index (χ3v) is 5.72. The van der Waals surface area contributed by atoms with Gasteiger partial charge in [0.15, 0.2) is 3.95 Å². The maximum atomic E-state index is 10.6. The Morgan fingerprint density at radius 2 is 2.05 bits per heavy atom. The summed E-state index contributed by atoms with van der Waals surface area (Å²) in [7, 11) is 0. The minimum absolute atomic E-state index is 0.312. The number of aromatic nitrogens is 1. The summed E-state index contributed by atoms with van der Waals surface area (Å²) in [6.07, 6.45) is 8.51. The van der Waals surface area contributed by atoms with E-state index in [1.807, 2.05) is 35.1 Å². The zero-order chi connectivity index (χ0) is 15.1. The van der Waals surface area contributed by atoms with Gasteiger partial charge in [0.1, 0.15) is 0 Å². The molecule has 4 rings (SSSR count). The molecule has 0 unspecified atom stereocenters. The number of thiazole rings is 1. The maximum absolute atomic E-state index is 10.6. The van der Waals surface area contributed by atoms with E-state index in [0.29, 0.717) is 11.9 Å². The van der Waals surface area contributed by atoms with Crippen LogP contribution in [0.1, 0.15) is 42.2 Å². The van der Waals surface area contributed by atoms with Crippen molar-refractivity contribution in [1.82, 2.24) is 4.57 Å². The highest BCUT2D eigenvalue weighted by molar-refractivity contribution is 7.73. The molecule has 3 nitrogen and oxygen atoms in total. The Hall–Kier alpha value is -1.72. The molecule has 0 radical (unpaired) electrons. The van der Waals surface area contributed by atoms with Crippen LogP contribution in [0.3, 0.4) is 0 Å². The molecule has 5 heteroatoms. The number of para-hydroxylation sites is 1. The minimum Gasteiger partial charge on any atom is -0.493 e. The Kier molecular flexibility index (Phi) is 3.47. The normalized spacial score (nSPS) is 19.2. The summed E-state index contributed by atoms with van der Waals surface area (Å²) in [5, 5.41) is 10.6. The van der Waals surface area contributed by atoms with Gasteiger partial charge in [-0.1, -0.05) is 31.0 Å². The molecule has 0 spiro atoms. The Balaban J connectivity index is 1.76. The van der Waals surface area contributed by atoms with Crippen LogP contribution in [0.15, 0.2) is 29.3 Å². The molecule has 22 heavy (non-hydrogen) atoms. The highest BCUT2D eigenvalue weighted by Crippen LogP contribution is 2.40. The van der Waals surface area contributed by atoms with Gasteiger partial charge >= 0.3 is 0 Å². The summed E-state index contributed by atoms with van der Waals surface area (Å²) >= 11 is 6.95. The molecule has 0 atom stereocenters. The van der Waals surface area contributed by atoms with Crippen LogP contribution in [0.2, 0.25) is 0 Å². The molecule has 0 saturated heterocycles. The van der Waals surface area contributed by atoms with Crippen molar-refractivity contribution in [1.29, 1.82) is 0 Å². The van der Waals surface area contributed by atoms with Crippen LogP contribution in [0.4, 0.5) is 5.69 Å². The van der Waals surface area contributed by atoms with Gasteiger partial charge in [-0.15, -0.1) is 11.3 Å². The SMILES string of the molecule is Oc1c(/C=C2\C=Nc3ccccc32)sc(=S)n1C1CCCC1. The van der Waals surface area contributed by atoms with E-state index < -0.39 is 0 Å². The fourth-order valence-electron chi connectivity index (χ4n) is 3.27. The number of allylic oxidation sites excluding steroid dienone is 1. The Labute approximate surface area is 138 Å². The van der Waals surface area contributed by atoms with Gasteiger partial charge in [-0.3, -0.25) is 9.56 Å². The molecule has 2 aliphatic rings. The summed E-state index contributed by atoms with van der Waals surface area (Å²) in [5.41, 5.74) is 3.11. The van der Waals surface area contributed by atoms with Crippen LogP contribution in [0.5, 0.6) is 5.88 Å². The number of aromatic hydroxyl groups is 1. The first-order valence-corrected chi connectivity index (χ1v) is 8.76. The first-order valence-electron chi connectivity index (χ1n) is 7.53. The van der Waals surface area contributed by atoms with Crippen molar-refractivity contribution < 1.29 is 5.11 Å². The fraction of sp³-hybridized carbons (Fsp3) is 0.294. The van der Waals surface area contributed by atoms with Gasteiger partial charge in [0.2, 0.25) is 5.88 Å². The van der Waals surface area contributed by atoms with E-state index in [-0.39, 0.29) is 0 Å². The molecule has 112 valence electrons. The number of nitrogens with zero attached hydrogens (tertiary/aromatic N) is 2. The van der Waals surface area contributed by atoms with E-state index in [1.54, 1.807) is 0 Å². The second-order valence-electron chi connectivity index (χ2n) is 5.74. The molecule has 1 aromatic heterocycles. The molecular weight excluding hydrogens is 312 g/mol. The molecule has 1 aliphatic carbocycles. The summed E-state index contributed by atoms with van der Waals surface area (Å²) < 4.78 is 2.71. The standard InChI is InChI=1S/C17H16N2OS2/c20-16-15(22-17(21)19(16)12-5-1-2-6-12)9-11-10-18-14-8-4-3-7-13(11)14/h3-4,7-10,12,20H,1-2,5-6H2/b11-9+. The second-order valence-corrected chi connectivity index (χ2v) is 7.41. The van der Waals surface area contributed by atoms with E-state index in [2.05, 4.69) is 11.1 Å². The van der Waals surface area contributed by atoms with Crippen molar-refractivity contribution in [2.75, 3.05) is 0 Å². The third-order valence-electron chi connectivity index (χ3n) is 4.38. The quantitative estimate of drug-likeness (QED) is 0.754. The van der Waals surface area contributed by atoms with E-state index in [4.69, 9.17) is 12.2 Å². The Bertz CT molecular complexity index is 839. The highest BCUT2D eigenvalue weighted by Gasteiger charge is 2.23. The first kappa shape index (κ1) is 13.9. The third kappa shape index (κ3) is 2.25. The molecule has 1 saturated carbocycles. The zero-order valence-electron chi connectivity index (χ0n) is 12.0. The van der Waals surface area contributed by atoms with Crippen LogP contribution < -0.4 is 0 Å². The molecule has 1 aliphatic heterocycles. The van der Waals surface area contributed by atoms with Crippen LogP contribution in [-0.4, -0.2) is 15.9 Å². The van der Waals surface area contributed by atoms with Crippen molar-refractivity contribution in [2.45, 2.75) is 31.7 Å². The van der Waals surface area contributed by atoms with Gasteiger partial charge in [0.25, 0.3) is 0 Å². The molecular formula is C17H16N2OS2. The monoisotopic (exact) mass is 328 g/mol. The predicted molar refractivity (Wildman–Crippen MR) is 94.8 cm³/mol. The number of fused-ring (bicyclic) bond motifs is 1. The molecule has 0 bridgehead atoms. The Morgan fingerprint density at radius 3 is 2.86 bits per heavy atom. The van der Waals surface area contributed by atoms with Crippen LogP contribution in [-0.2, 0) is 0 Å². The lowest BCUT2D eigenvalue weighted by molar-refractivity contribution is 0.380. The van der Waals surface area contributed by atoms with Crippen molar-refractivity contribution in [3.63, 3.8) is 0 Å². The molecule has 1 aromatic carbocycles. The summed E-state index contributed by atoms with van der Waals surface area (Å²) in [6, 6.07) is 8.40. The van der Waals surface area contributed by atoms with Gasteiger partial charge in [0, 0.05) is 23.4 Å². The number of benzene rings is 1. The molecule has 2 aromatic rings. The smallest absolute Gasteiger partial charge is 0.210 e. The van der Waals surface area contributed by atoms with E-state index >= 15 is 0 Å². The number of rotatable bonds is 2. The zero-order valence-corrected chi connectivity index (χ0v) is 13.7. The largest absolute Gasteiger partial charge is 0.493 e. The number of hydrogen-bond acceptors (Lipinski definition) is 4. The summed E-state index contributed by atoms with van der Waals surface area (Å²) in [5.74, 6) is 0.312. The van der Waals surface area contributed by atoms with Crippen molar-refractivity contribution in [3.05, 3.63) is 38.7 Å². The van der Waals surface area contributed by atoms with Crippen LogP contribution in [0, 0.1) is 3.95 Å². The lowest BCUT2D eigenvalue weighted by Crippen LogP contribution is -2.03. The minimum atomic E-state index is 0.312. The highest BCUT2D eigenvalue weighted by atomic mass is 32.1. The summed E-state index contributed by atoms with van der Waals surface area (Å²) in [4.78, 5) is 5.24. The van der Waals surface area contributed by atoms with Gasteiger partial charge < -0.3 is 5.11 Å². The van der Waals surface area contributed by atoms with Gasteiger partial charge in [-0.25, -0.2) is 0 Å². The lowest BCUT2D eigenvalue weighted by atomic mass is 10.1. The van der Waals surface area contributed by atoms with Gasteiger partial charge in [0.05, 0.1) is 10.6 Å². The summed E-state index contributed by atoms with van der Waals surface area (Å²) in [6.45, 7) is 0. The van der Waals surface area contributed by atoms with E-state index in [0.717, 1.165) is 38.5 Å². The molecule has 2 heterocycles. The average molecular weight is 328 g/mol. The Morgan fingerprint density at radius 1 is 1.27 bits per heavy atom. The molecule has 1 fully saturated rings. The maximum Gasteiger partial charge on any atom is 0.210 e.